The Bertz CT molecular complexity index is 866. The Hall–Kier alpha value is -2.34. The van der Waals surface area contributed by atoms with Crippen LogP contribution >= 0.6 is 0 Å². The zero-order valence-electron chi connectivity index (χ0n) is 13.9. The summed E-state index contributed by atoms with van der Waals surface area (Å²) in [6.07, 6.45) is -3.32. The maximum atomic E-state index is 13.8. The predicted octanol–water partition coefficient (Wildman–Crippen LogP) is 1.30. The number of benzene rings is 1. The van der Waals surface area contributed by atoms with E-state index in [9.17, 15) is 31.2 Å². The van der Waals surface area contributed by atoms with Gasteiger partial charge >= 0.3 is 12.2 Å². The first-order chi connectivity index (χ1) is 12.5. The molecule has 2 fully saturated rings. The highest BCUT2D eigenvalue weighted by Crippen LogP contribution is 2.38. The summed E-state index contributed by atoms with van der Waals surface area (Å²) in [4.78, 5) is 24.7. The summed E-state index contributed by atoms with van der Waals surface area (Å²) in [5.41, 5.74) is 1.89. The molecule has 1 heterocycles. The Morgan fingerprint density at radius 1 is 1.15 bits per heavy atom. The molecule has 1 saturated carbocycles. The number of urea groups is 1. The van der Waals surface area contributed by atoms with Gasteiger partial charge in [0.2, 0.25) is 10.0 Å². The van der Waals surface area contributed by atoms with E-state index in [0.717, 1.165) is 12.1 Å². The highest BCUT2D eigenvalue weighted by Gasteiger charge is 2.70. The molecule has 27 heavy (non-hydrogen) atoms. The first-order valence-corrected chi connectivity index (χ1v) is 9.58. The summed E-state index contributed by atoms with van der Waals surface area (Å²) in [5.74, 6) is -1.68. The summed E-state index contributed by atoms with van der Waals surface area (Å²) >= 11 is 0. The highest BCUT2D eigenvalue weighted by atomic mass is 32.2. The third-order valence-electron chi connectivity index (χ3n) is 4.65. The first kappa shape index (κ1) is 19.4. The number of amides is 3. The number of nitrogen functional groups attached to an aromatic ring is 1. The van der Waals surface area contributed by atoms with E-state index in [2.05, 4.69) is 0 Å². The Morgan fingerprint density at radius 3 is 2.22 bits per heavy atom. The fraction of sp³-hybridized carbons (Fsp3) is 0.467. The Morgan fingerprint density at radius 2 is 1.70 bits per heavy atom. The van der Waals surface area contributed by atoms with Gasteiger partial charge < -0.3 is 11.1 Å². The highest BCUT2D eigenvalue weighted by molar-refractivity contribution is 7.89. The van der Waals surface area contributed by atoms with E-state index in [1.54, 1.807) is 0 Å². The largest absolute Gasteiger partial charge is 0.435 e. The fourth-order valence-corrected chi connectivity index (χ4v) is 4.54. The van der Waals surface area contributed by atoms with Crippen molar-refractivity contribution in [3.63, 3.8) is 0 Å². The predicted molar refractivity (Wildman–Crippen MR) is 87.6 cm³/mol. The average Bonchev–Trinajstić information content (AvgIpc) is 3.14. The monoisotopic (exact) mass is 406 g/mol. The summed E-state index contributed by atoms with van der Waals surface area (Å²) < 4.78 is 67.7. The third kappa shape index (κ3) is 3.23. The maximum absolute atomic E-state index is 13.8. The lowest BCUT2D eigenvalue weighted by Crippen LogP contribution is -2.69. The molecule has 148 valence electrons. The molecule has 0 spiro atoms. The fourth-order valence-electron chi connectivity index (χ4n) is 3.27. The quantitative estimate of drug-likeness (QED) is 0.514. The Balaban J connectivity index is 2.00. The van der Waals surface area contributed by atoms with Gasteiger partial charge in [-0.15, -0.1) is 0 Å². The molecule has 0 radical (unpaired) electrons. The molecule has 0 aromatic heterocycles. The normalized spacial score (nSPS) is 24.5. The van der Waals surface area contributed by atoms with Crippen molar-refractivity contribution in [1.82, 2.24) is 14.9 Å². The Labute approximate surface area is 152 Å². The van der Waals surface area contributed by atoms with Crippen molar-refractivity contribution < 1.29 is 31.2 Å². The number of anilines is 1. The number of hydrogen-bond acceptors (Lipinski definition) is 5. The minimum absolute atomic E-state index is 0.206. The lowest BCUT2D eigenvalue weighted by molar-refractivity contribution is -0.198. The molecule has 1 aromatic rings. The molecular formula is C15H17F3N4O4S. The molecule has 1 atom stereocenters. The number of rotatable bonds is 4. The van der Waals surface area contributed by atoms with Crippen molar-refractivity contribution in [3.8, 4) is 0 Å². The van der Waals surface area contributed by atoms with E-state index >= 15 is 0 Å². The number of nitrogens with two attached hydrogens (primary N) is 1. The second kappa shape index (κ2) is 6.37. The average molecular weight is 406 g/mol. The van der Waals surface area contributed by atoms with Gasteiger partial charge in [-0.05, 0) is 37.1 Å². The first-order valence-electron chi connectivity index (χ1n) is 8.10. The minimum atomic E-state index is -5.39. The summed E-state index contributed by atoms with van der Waals surface area (Å²) in [7, 11) is -4.79. The van der Waals surface area contributed by atoms with Crippen LogP contribution in [0.25, 0.3) is 0 Å². The maximum Gasteiger partial charge on any atom is 0.435 e. The van der Waals surface area contributed by atoms with E-state index in [0.29, 0.717) is 30.6 Å². The van der Waals surface area contributed by atoms with Crippen LogP contribution in [0.3, 0.4) is 0 Å². The lowest BCUT2D eigenvalue weighted by Gasteiger charge is -2.30. The molecule has 3 rings (SSSR count). The number of sulfonamides is 1. The van der Waals surface area contributed by atoms with Crippen molar-refractivity contribution in [3.05, 3.63) is 24.3 Å². The number of carbonyl (C=O) groups is 2. The number of carbonyl (C=O) groups excluding carboxylic acids is 2. The van der Waals surface area contributed by atoms with E-state index in [1.165, 1.54) is 22.2 Å². The SMILES string of the molecule is Nc1ccc(S(=O)(=O)NC2(C(F)(F)F)NC(=O)N(C3CCCC3)C2=O)cc1. The number of nitrogens with one attached hydrogen (secondary N) is 2. The van der Waals surface area contributed by atoms with Crippen LogP contribution in [0.15, 0.2) is 29.2 Å². The van der Waals surface area contributed by atoms with Crippen molar-refractivity contribution in [2.24, 2.45) is 0 Å². The number of nitrogens with zero attached hydrogens (tertiary/aromatic N) is 1. The minimum Gasteiger partial charge on any atom is -0.399 e. The lowest BCUT2D eigenvalue weighted by atomic mass is 10.1. The van der Waals surface area contributed by atoms with Crippen LogP contribution in [0.1, 0.15) is 25.7 Å². The van der Waals surface area contributed by atoms with Crippen LogP contribution in [0.4, 0.5) is 23.7 Å². The van der Waals surface area contributed by atoms with E-state index in [4.69, 9.17) is 5.73 Å². The molecule has 2 aliphatic rings. The van der Waals surface area contributed by atoms with Gasteiger partial charge in [-0.3, -0.25) is 9.69 Å². The van der Waals surface area contributed by atoms with Crippen LogP contribution in [0.5, 0.6) is 0 Å². The second-order valence-electron chi connectivity index (χ2n) is 6.47. The van der Waals surface area contributed by atoms with Gasteiger partial charge in [-0.1, -0.05) is 12.8 Å². The zero-order chi connectivity index (χ0) is 20.0. The van der Waals surface area contributed by atoms with Crippen LogP contribution in [0, 0.1) is 0 Å². The number of imide groups is 1. The van der Waals surface area contributed by atoms with Crippen molar-refractivity contribution in [2.45, 2.75) is 48.5 Å². The molecule has 1 unspecified atom stereocenters. The molecule has 3 amide bonds. The number of alkyl halides is 3. The molecule has 8 nitrogen and oxygen atoms in total. The topological polar surface area (TPSA) is 122 Å². The molecule has 1 aliphatic carbocycles. The van der Waals surface area contributed by atoms with Gasteiger partial charge in [-0.2, -0.15) is 17.9 Å². The molecule has 4 N–H and O–H groups in total. The van der Waals surface area contributed by atoms with Crippen LogP contribution < -0.4 is 15.8 Å². The van der Waals surface area contributed by atoms with Crippen LogP contribution in [0.2, 0.25) is 0 Å². The smallest absolute Gasteiger partial charge is 0.399 e. The van der Waals surface area contributed by atoms with Crippen molar-refractivity contribution in [1.29, 1.82) is 0 Å². The molecule has 1 saturated heterocycles. The zero-order valence-corrected chi connectivity index (χ0v) is 14.7. The molecule has 1 aromatic carbocycles. The molecule has 1 aliphatic heterocycles. The van der Waals surface area contributed by atoms with Gasteiger partial charge in [0.05, 0.1) is 4.90 Å². The Kier molecular flexibility index (Phi) is 4.58. The summed E-state index contributed by atoms with van der Waals surface area (Å²) in [6.45, 7) is 0. The van der Waals surface area contributed by atoms with Gasteiger partial charge in [0, 0.05) is 11.7 Å². The van der Waals surface area contributed by atoms with Gasteiger partial charge in [0.25, 0.3) is 11.6 Å². The summed E-state index contributed by atoms with van der Waals surface area (Å²) in [5, 5.41) is 1.52. The summed E-state index contributed by atoms with van der Waals surface area (Å²) in [6, 6.07) is 2.41. The molecular weight excluding hydrogens is 389 g/mol. The van der Waals surface area contributed by atoms with Gasteiger partial charge in [0.1, 0.15) is 0 Å². The van der Waals surface area contributed by atoms with Crippen LogP contribution in [-0.2, 0) is 14.8 Å². The van der Waals surface area contributed by atoms with Gasteiger partial charge in [0.15, 0.2) is 0 Å². The van der Waals surface area contributed by atoms with Crippen molar-refractivity contribution >= 4 is 27.6 Å². The van der Waals surface area contributed by atoms with E-state index in [1.807, 2.05) is 0 Å². The second-order valence-corrected chi connectivity index (χ2v) is 8.15. The number of halogens is 3. The van der Waals surface area contributed by atoms with Crippen LogP contribution in [-0.4, -0.2) is 43.1 Å². The van der Waals surface area contributed by atoms with Gasteiger partial charge in [-0.25, -0.2) is 13.2 Å². The molecule has 0 bridgehead atoms. The molecule has 12 heteroatoms. The standard InChI is InChI=1S/C15H17F3N4O4S/c16-15(17,18)14(21-27(25,26)11-7-5-9(19)6-8-11)12(23)22(13(24)20-14)10-3-1-2-4-10/h5-8,10,21H,1-4,19H2,(H,20,24). The van der Waals surface area contributed by atoms with E-state index in [-0.39, 0.29) is 5.69 Å². The third-order valence-corrected chi connectivity index (χ3v) is 6.11. The number of hydrogen-bond donors (Lipinski definition) is 3. The van der Waals surface area contributed by atoms with Crippen molar-refractivity contribution in [2.75, 3.05) is 5.73 Å². The van der Waals surface area contributed by atoms with E-state index < -0.39 is 44.7 Å².